The lowest BCUT2D eigenvalue weighted by Gasteiger charge is -2.08. The Balaban J connectivity index is 1.67. The third kappa shape index (κ3) is 5.12. The number of carbonyl (C=O) groups is 2. The van der Waals surface area contributed by atoms with Gasteiger partial charge < -0.3 is 5.32 Å². The summed E-state index contributed by atoms with van der Waals surface area (Å²) in [5, 5.41) is 6.86. The lowest BCUT2D eigenvalue weighted by atomic mass is 10.0. The van der Waals surface area contributed by atoms with Gasteiger partial charge in [-0.1, -0.05) is 78.9 Å². The molecule has 0 saturated heterocycles. The molecule has 27 heavy (non-hydrogen) atoms. The molecule has 0 aromatic heterocycles. The third-order valence-electron chi connectivity index (χ3n) is 3.83. The summed E-state index contributed by atoms with van der Waals surface area (Å²) in [6.07, 6.45) is 0. The summed E-state index contributed by atoms with van der Waals surface area (Å²) in [5.74, 6) is -0.704. The van der Waals surface area contributed by atoms with Crippen LogP contribution in [-0.4, -0.2) is 24.1 Å². The van der Waals surface area contributed by atoms with Gasteiger partial charge in [0.1, 0.15) is 0 Å². The Hall–Kier alpha value is -3.73. The van der Waals surface area contributed by atoms with Crippen LogP contribution in [0.25, 0.3) is 0 Å². The fourth-order valence-electron chi connectivity index (χ4n) is 2.50. The van der Waals surface area contributed by atoms with E-state index in [1.807, 2.05) is 66.7 Å². The van der Waals surface area contributed by atoms with Crippen LogP contribution in [0.15, 0.2) is 96.1 Å². The smallest absolute Gasteiger partial charge is 0.259 e. The van der Waals surface area contributed by atoms with Gasteiger partial charge in [-0.15, -0.1) is 0 Å². The SMILES string of the molecule is O=C(CNC(=O)c1ccccc1)NN=C(c1ccccc1)c1ccccc1. The molecule has 5 nitrogen and oxygen atoms in total. The van der Waals surface area contributed by atoms with Gasteiger partial charge >= 0.3 is 0 Å². The highest BCUT2D eigenvalue weighted by Gasteiger charge is 2.09. The first kappa shape index (κ1) is 18.1. The Morgan fingerprint density at radius 1 is 0.667 bits per heavy atom. The molecule has 3 aromatic carbocycles. The van der Waals surface area contributed by atoms with Crippen LogP contribution in [0, 0.1) is 0 Å². The van der Waals surface area contributed by atoms with Gasteiger partial charge in [-0.25, -0.2) is 5.43 Å². The number of hydrogen-bond acceptors (Lipinski definition) is 3. The number of hydrogen-bond donors (Lipinski definition) is 2. The average molecular weight is 357 g/mol. The first-order valence-corrected chi connectivity index (χ1v) is 8.54. The van der Waals surface area contributed by atoms with E-state index in [-0.39, 0.29) is 12.5 Å². The molecule has 0 aliphatic rings. The van der Waals surface area contributed by atoms with E-state index in [0.29, 0.717) is 11.3 Å². The average Bonchev–Trinajstić information content (AvgIpc) is 2.74. The number of nitrogens with one attached hydrogen (secondary N) is 2. The predicted molar refractivity (Wildman–Crippen MR) is 105 cm³/mol. The van der Waals surface area contributed by atoms with Crippen molar-refractivity contribution in [3.8, 4) is 0 Å². The van der Waals surface area contributed by atoms with Crippen molar-refractivity contribution in [3.05, 3.63) is 108 Å². The fraction of sp³-hybridized carbons (Fsp3) is 0.0455. The minimum atomic E-state index is -0.399. The maximum Gasteiger partial charge on any atom is 0.259 e. The maximum atomic E-state index is 12.1. The van der Waals surface area contributed by atoms with E-state index >= 15 is 0 Å². The van der Waals surface area contributed by atoms with Crippen LogP contribution in [0.5, 0.6) is 0 Å². The molecule has 0 fully saturated rings. The summed E-state index contributed by atoms with van der Waals surface area (Å²) in [7, 11) is 0. The molecule has 5 heteroatoms. The zero-order valence-corrected chi connectivity index (χ0v) is 14.6. The van der Waals surface area contributed by atoms with Crippen molar-refractivity contribution in [1.29, 1.82) is 0 Å². The van der Waals surface area contributed by atoms with Crippen molar-refractivity contribution in [2.75, 3.05) is 6.54 Å². The molecule has 0 unspecified atom stereocenters. The van der Waals surface area contributed by atoms with Crippen molar-refractivity contribution < 1.29 is 9.59 Å². The summed E-state index contributed by atoms with van der Waals surface area (Å²) in [6.45, 7) is -0.159. The van der Waals surface area contributed by atoms with Crippen LogP contribution in [0.3, 0.4) is 0 Å². The maximum absolute atomic E-state index is 12.1. The summed E-state index contributed by atoms with van der Waals surface area (Å²) in [6, 6.07) is 27.9. The molecule has 0 bridgehead atoms. The van der Waals surface area contributed by atoms with E-state index < -0.39 is 5.91 Å². The predicted octanol–water partition coefficient (Wildman–Crippen LogP) is 2.99. The monoisotopic (exact) mass is 357 g/mol. The molecular formula is C22H19N3O2. The van der Waals surface area contributed by atoms with Crippen molar-refractivity contribution in [3.63, 3.8) is 0 Å². The summed E-state index contributed by atoms with van der Waals surface area (Å²) >= 11 is 0. The Kier molecular flexibility index (Phi) is 6.09. The summed E-state index contributed by atoms with van der Waals surface area (Å²) < 4.78 is 0. The second-order valence-corrected chi connectivity index (χ2v) is 5.78. The zero-order chi connectivity index (χ0) is 18.9. The van der Waals surface area contributed by atoms with Gasteiger partial charge in [-0.05, 0) is 12.1 Å². The lowest BCUT2D eigenvalue weighted by Crippen LogP contribution is -2.35. The molecule has 0 aliphatic carbocycles. The van der Waals surface area contributed by atoms with Gasteiger partial charge in [0.2, 0.25) is 0 Å². The van der Waals surface area contributed by atoms with E-state index in [4.69, 9.17) is 0 Å². The molecule has 3 rings (SSSR count). The standard InChI is InChI=1S/C22H19N3O2/c26-20(16-23-22(27)19-14-8-3-9-15-19)24-25-21(17-10-4-1-5-11-17)18-12-6-2-7-13-18/h1-15H,16H2,(H,23,27)(H,24,26). The Morgan fingerprint density at radius 2 is 1.11 bits per heavy atom. The van der Waals surface area contributed by atoms with Crippen molar-refractivity contribution in [1.82, 2.24) is 10.7 Å². The first-order valence-electron chi connectivity index (χ1n) is 8.54. The van der Waals surface area contributed by atoms with Gasteiger partial charge in [-0.2, -0.15) is 5.10 Å². The van der Waals surface area contributed by atoms with Gasteiger partial charge in [0, 0.05) is 16.7 Å². The first-order chi connectivity index (χ1) is 13.2. The van der Waals surface area contributed by atoms with E-state index in [1.165, 1.54) is 0 Å². The molecule has 0 radical (unpaired) electrons. The van der Waals surface area contributed by atoms with Crippen LogP contribution in [0.2, 0.25) is 0 Å². The van der Waals surface area contributed by atoms with Crippen LogP contribution < -0.4 is 10.7 Å². The molecule has 3 aromatic rings. The molecule has 0 aliphatic heterocycles. The largest absolute Gasteiger partial charge is 0.343 e. The van der Waals surface area contributed by atoms with Crippen molar-refractivity contribution in [2.24, 2.45) is 5.10 Å². The Morgan fingerprint density at radius 3 is 1.59 bits per heavy atom. The van der Waals surface area contributed by atoms with Crippen LogP contribution in [0.1, 0.15) is 21.5 Å². The van der Waals surface area contributed by atoms with Gasteiger partial charge in [-0.3, -0.25) is 9.59 Å². The van der Waals surface area contributed by atoms with Gasteiger partial charge in [0.15, 0.2) is 0 Å². The number of carbonyl (C=O) groups excluding carboxylic acids is 2. The van der Waals surface area contributed by atoms with Crippen LogP contribution in [0.4, 0.5) is 0 Å². The molecule has 0 spiro atoms. The highest BCUT2D eigenvalue weighted by Crippen LogP contribution is 2.10. The van der Waals surface area contributed by atoms with Crippen molar-refractivity contribution in [2.45, 2.75) is 0 Å². The normalized spacial score (nSPS) is 9.93. The lowest BCUT2D eigenvalue weighted by molar-refractivity contribution is -0.120. The summed E-state index contributed by atoms with van der Waals surface area (Å²) in [4.78, 5) is 24.1. The molecule has 0 atom stereocenters. The second kappa shape index (κ2) is 9.10. The number of hydrazone groups is 1. The van der Waals surface area contributed by atoms with E-state index in [9.17, 15) is 9.59 Å². The van der Waals surface area contributed by atoms with Crippen molar-refractivity contribution >= 4 is 17.5 Å². The number of amides is 2. The van der Waals surface area contributed by atoms with Gasteiger partial charge in [0.05, 0.1) is 12.3 Å². The summed E-state index contributed by atoms with van der Waals surface area (Å²) in [5.41, 5.74) is 5.45. The number of nitrogens with zero attached hydrogens (tertiary/aromatic N) is 1. The Bertz CT molecular complexity index is 882. The minimum absolute atomic E-state index is 0.159. The van der Waals surface area contributed by atoms with Crippen LogP contribution in [-0.2, 0) is 4.79 Å². The molecule has 2 amide bonds. The van der Waals surface area contributed by atoms with E-state index in [1.54, 1.807) is 24.3 Å². The Labute approximate surface area is 157 Å². The molecule has 0 saturated carbocycles. The fourth-order valence-corrected chi connectivity index (χ4v) is 2.50. The second-order valence-electron chi connectivity index (χ2n) is 5.78. The van der Waals surface area contributed by atoms with Crippen LogP contribution >= 0.6 is 0 Å². The highest BCUT2D eigenvalue weighted by atomic mass is 16.2. The molecule has 134 valence electrons. The molecule has 2 N–H and O–H groups in total. The quantitative estimate of drug-likeness (QED) is 0.526. The van der Waals surface area contributed by atoms with E-state index in [2.05, 4.69) is 15.8 Å². The third-order valence-corrected chi connectivity index (χ3v) is 3.83. The highest BCUT2D eigenvalue weighted by molar-refractivity contribution is 6.13. The molecule has 0 heterocycles. The number of rotatable bonds is 6. The minimum Gasteiger partial charge on any atom is -0.343 e. The molecular weight excluding hydrogens is 338 g/mol. The van der Waals surface area contributed by atoms with Gasteiger partial charge in [0.25, 0.3) is 11.8 Å². The topological polar surface area (TPSA) is 70.6 Å². The number of benzene rings is 3. The van der Waals surface area contributed by atoms with E-state index in [0.717, 1.165) is 11.1 Å². The zero-order valence-electron chi connectivity index (χ0n) is 14.6.